The third-order valence-electron chi connectivity index (χ3n) is 2.81. The molecule has 17 heavy (non-hydrogen) atoms. The van der Waals surface area contributed by atoms with Crippen LogP contribution in [0.15, 0.2) is 24.3 Å². The second kappa shape index (κ2) is 4.90. The standard InChI is InChI=1S/C13H16ClN3/c1-9-4-6-10(7-5-9)12-13(14)16-11(8-15-2)17(12)3/h4-7,15H,8H2,1-3H3. The Hall–Kier alpha value is -1.32. The van der Waals surface area contributed by atoms with Crippen LogP contribution in [0.1, 0.15) is 11.4 Å². The minimum Gasteiger partial charge on any atom is -0.329 e. The van der Waals surface area contributed by atoms with Crippen molar-refractivity contribution >= 4 is 11.6 Å². The largest absolute Gasteiger partial charge is 0.329 e. The topological polar surface area (TPSA) is 29.9 Å². The van der Waals surface area contributed by atoms with Gasteiger partial charge in [-0.3, -0.25) is 0 Å². The van der Waals surface area contributed by atoms with Crippen molar-refractivity contribution in [2.75, 3.05) is 7.05 Å². The molecule has 1 aromatic heterocycles. The predicted octanol–water partition coefficient (Wildman–Crippen LogP) is 2.77. The van der Waals surface area contributed by atoms with Crippen molar-refractivity contribution in [2.45, 2.75) is 13.5 Å². The number of rotatable bonds is 3. The number of aromatic nitrogens is 2. The summed E-state index contributed by atoms with van der Waals surface area (Å²) in [5, 5.41) is 3.64. The number of halogens is 1. The summed E-state index contributed by atoms with van der Waals surface area (Å²) in [5.41, 5.74) is 3.30. The lowest BCUT2D eigenvalue weighted by molar-refractivity contribution is 0.712. The third kappa shape index (κ3) is 2.35. The van der Waals surface area contributed by atoms with Gasteiger partial charge in [0.15, 0.2) is 5.15 Å². The van der Waals surface area contributed by atoms with Crippen LogP contribution in [0.5, 0.6) is 0 Å². The van der Waals surface area contributed by atoms with Gasteiger partial charge in [-0.15, -0.1) is 0 Å². The Bertz CT molecular complexity index is 514. The Labute approximate surface area is 106 Å². The van der Waals surface area contributed by atoms with Crippen LogP contribution < -0.4 is 5.32 Å². The van der Waals surface area contributed by atoms with Gasteiger partial charge in [-0.05, 0) is 14.0 Å². The van der Waals surface area contributed by atoms with Crippen LogP contribution in [-0.2, 0) is 13.6 Å². The Morgan fingerprint density at radius 3 is 2.53 bits per heavy atom. The van der Waals surface area contributed by atoms with Crippen molar-refractivity contribution in [3.05, 3.63) is 40.8 Å². The number of hydrogen-bond donors (Lipinski definition) is 1. The summed E-state index contributed by atoms with van der Waals surface area (Å²) in [4.78, 5) is 4.36. The summed E-state index contributed by atoms with van der Waals surface area (Å²) >= 11 is 6.20. The quantitative estimate of drug-likeness (QED) is 0.907. The molecule has 2 rings (SSSR count). The van der Waals surface area contributed by atoms with E-state index in [2.05, 4.69) is 41.5 Å². The molecule has 0 aliphatic carbocycles. The highest BCUT2D eigenvalue weighted by Gasteiger charge is 2.13. The molecule has 3 nitrogen and oxygen atoms in total. The van der Waals surface area contributed by atoms with E-state index in [4.69, 9.17) is 11.6 Å². The number of imidazole rings is 1. The van der Waals surface area contributed by atoms with Gasteiger partial charge in [0.05, 0.1) is 12.2 Å². The van der Waals surface area contributed by atoms with E-state index in [0.717, 1.165) is 17.1 Å². The molecule has 0 radical (unpaired) electrons. The van der Waals surface area contributed by atoms with E-state index < -0.39 is 0 Å². The first-order valence-corrected chi connectivity index (χ1v) is 5.94. The Morgan fingerprint density at radius 1 is 1.29 bits per heavy atom. The predicted molar refractivity (Wildman–Crippen MR) is 71.2 cm³/mol. The maximum Gasteiger partial charge on any atom is 0.155 e. The van der Waals surface area contributed by atoms with Crippen LogP contribution in [-0.4, -0.2) is 16.6 Å². The second-order valence-corrected chi connectivity index (χ2v) is 4.48. The lowest BCUT2D eigenvalue weighted by atomic mass is 10.1. The molecule has 0 spiro atoms. The van der Waals surface area contributed by atoms with Crippen molar-refractivity contribution in [1.82, 2.24) is 14.9 Å². The zero-order chi connectivity index (χ0) is 12.4. The van der Waals surface area contributed by atoms with Crippen LogP contribution in [0.2, 0.25) is 5.15 Å². The minimum absolute atomic E-state index is 0.557. The van der Waals surface area contributed by atoms with Crippen molar-refractivity contribution in [3.8, 4) is 11.3 Å². The summed E-state index contributed by atoms with van der Waals surface area (Å²) in [6.07, 6.45) is 0. The first-order valence-electron chi connectivity index (χ1n) is 5.56. The molecule has 2 aromatic rings. The summed E-state index contributed by atoms with van der Waals surface area (Å²) < 4.78 is 2.03. The minimum atomic E-state index is 0.557. The lowest BCUT2D eigenvalue weighted by Gasteiger charge is -2.06. The fraction of sp³-hybridized carbons (Fsp3) is 0.308. The number of nitrogens with one attached hydrogen (secondary N) is 1. The molecule has 0 atom stereocenters. The molecule has 0 bridgehead atoms. The van der Waals surface area contributed by atoms with Crippen LogP contribution in [0.4, 0.5) is 0 Å². The van der Waals surface area contributed by atoms with Crippen molar-refractivity contribution < 1.29 is 0 Å². The summed E-state index contributed by atoms with van der Waals surface area (Å²) in [6.45, 7) is 2.78. The van der Waals surface area contributed by atoms with Crippen LogP contribution in [0.3, 0.4) is 0 Å². The highest BCUT2D eigenvalue weighted by atomic mass is 35.5. The molecule has 0 aliphatic heterocycles. The van der Waals surface area contributed by atoms with Crippen LogP contribution in [0, 0.1) is 6.92 Å². The van der Waals surface area contributed by atoms with E-state index in [1.807, 2.05) is 18.7 Å². The third-order valence-corrected chi connectivity index (χ3v) is 3.07. The molecule has 0 saturated heterocycles. The zero-order valence-electron chi connectivity index (χ0n) is 10.3. The number of hydrogen-bond acceptors (Lipinski definition) is 2. The average molecular weight is 250 g/mol. The highest BCUT2D eigenvalue weighted by Crippen LogP contribution is 2.28. The molecule has 4 heteroatoms. The van der Waals surface area contributed by atoms with Gasteiger partial charge in [-0.2, -0.15) is 0 Å². The van der Waals surface area contributed by atoms with Gasteiger partial charge in [0.1, 0.15) is 5.82 Å². The van der Waals surface area contributed by atoms with Crippen molar-refractivity contribution in [3.63, 3.8) is 0 Å². The number of nitrogens with zero attached hydrogens (tertiary/aromatic N) is 2. The van der Waals surface area contributed by atoms with E-state index in [9.17, 15) is 0 Å². The first-order chi connectivity index (χ1) is 8.13. The molecular formula is C13H16ClN3. The SMILES string of the molecule is CNCc1nc(Cl)c(-c2ccc(C)cc2)n1C. The molecule has 0 unspecified atom stereocenters. The molecule has 1 N–H and O–H groups in total. The van der Waals surface area contributed by atoms with Gasteiger partial charge in [0.2, 0.25) is 0 Å². The van der Waals surface area contributed by atoms with E-state index >= 15 is 0 Å². The Kier molecular flexibility index (Phi) is 3.50. The highest BCUT2D eigenvalue weighted by molar-refractivity contribution is 6.32. The number of aryl methyl sites for hydroxylation is 1. The van der Waals surface area contributed by atoms with Gasteiger partial charge in [-0.1, -0.05) is 41.4 Å². The molecule has 0 saturated carbocycles. The Balaban J connectivity index is 2.48. The smallest absolute Gasteiger partial charge is 0.155 e. The fourth-order valence-corrected chi connectivity index (χ4v) is 2.18. The zero-order valence-corrected chi connectivity index (χ0v) is 11.0. The first kappa shape index (κ1) is 12.1. The average Bonchev–Trinajstić information content (AvgIpc) is 2.57. The fourth-order valence-electron chi connectivity index (χ4n) is 1.85. The maximum atomic E-state index is 6.20. The van der Waals surface area contributed by atoms with Gasteiger partial charge in [0.25, 0.3) is 0 Å². The molecular weight excluding hydrogens is 234 g/mol. The van der Waals surface area contributed by atoms with E-state index in [-0.39, 0.29) is 0 Å². The summed E-state index contributed by atoms with van der Waals surface area (Å²) in [5.74, 6) is 0.938. The molecule has 90 valence electrons. The lowest BCUT2D eigenvalue weighted by Crippen LogP contribution is -2.10. The Morgan fingerprint density at radius 2 is 1.94 bits per heavy atom. The second-order valence-electron chi connectivity index (χ2n) is 4.12. The summed E-state index contributed by atoms with van der Waals surface area (Å²) in [6, 6.07) is 8.30. The van der Waals surface area contributed by atoms with Crippen LogP contribution in [0.25, 0.3) is 11.3 Å². The van der Waals surface area contributed by atoms with Crippen LogP contribution >= 0.6 is 11.6 Å². The molecule has 0 amide bonds. The van der Waals surface area contributed by atoms with Gasteiger partial charge < -0.3 is 9.88 Å². The molecule has 1 aromatic carbocycles. The van der Waals surface area contributed by atoms with Gasteiger partial charge in [-0.25, -0.2) is 4.98 Å². The van der Waals surface area contributed by atoms with Gasteiger partial charge in [0, 0.05) is 12.6 Å². The maximum absolute atomic E-state index is 6.20. The number of benzene rings is 1. The summed E-state index contributed by atoms with van der Waals surface area (Å²) in [7, 11) is 3.88. The van der Waals surface area contributed by atoms with E-state index in [1.165, 1.54) is 5.56 Å². The van der Waals surface area contributed by atoms with Crippen molar-refractivity contribution in [2.24, 2.45) is 7.05 Å². The molecule has 0 aliphatic rings. The monoisotopic (exact) mass is 249 g/mol. The molecule has 0 fully saturated rings. The van der Waals surface area contributed by atoms with Crippen molar-refractivity contribution in [1.29, 1.82) is 0 Å². The van der Waals surface area contributed by atoms with E-state index in [0.29, 0.717) is 11.7 Å². The normalized spacial score (nSPS) is 10.8. The van der Waals surface area contributed by atoms with Gasteiger partial charge >= 0.3 is 0 Å². The molecule has 1 heterocycles. The van der Waals surface area contributed by atoms with E-state index in [1.54, 1.807) is 0 Å².